The zero-order valence-corrected chi connectivity index (χ0v) is 23.1. The zero-order chi connectivity index (χ0) is 26.6. The van der Waals surface area contributed by atoms with Crippen LogP contribution in [0.1, 0.15) is 80.2 Å². The lowest BCUT2D eigenvalue weighted by atomic mass is 9.82. The van der Waals surface area contributed by atoms with E-state index in [1.807, 2.05) is 67.5 Å². The first-order chi connectivity index (χ1) is 16.1. The summed E-state index contributed by atoms with van der Waals surface area (Å²) in [6, 6.07) is 7.42. The van der Waals surface area contributed by atoms with Crippen LogP contribution in [0.2, 0.25) is 5.02 Å². The number of hydrogen-bond donors (Lipinski definition) is 2. The van der Waals surface area contributed by atoms with Crippen molar-refractivity contribution in [3.8, 4) is 0 Å². The van der Waals surface area contributed by atoms with Crippen LogP contribution in [0, 0.1) is 5.41 Å². The van der Waals surface area contributed by atoms with Crippen LogP contribution in [0.25, 0.3) is 5.57 Å². The fraction of sp³-hybridized carbons (Fsp3) is 0.517. The summed E-state index contributed by atoms with van der Waals surface area (Å²) in [5.41, 5.74) is 4.44. The van der Waals surface area contributed by atoms with E-state index in [9.17, 15) is 14.7 Å². The molecule has 35 heavy (non-hydrogen) atoms. The van der Waals surface area contributed by atoms with Crippen LogP contribution < -0.4 is 5.32 Å². The highest BCUT2D eigenvalue weighted by Crippen LogP contribution is 2.39. The Morgan fingerprint density at radius 3 is 2.20 bits per heavy atom. The quantitative estimate of drug-likeness (QED) is 0.423. The highest BCUT2D eigenvalue weighted by atomic mass is 35.5. The maximum absolute atomic E-state index is 12.5. The lowest BCUT2D eigenvalue weighted by molar-refractivity contribution is -0.155. The molecule has 2 rings (SSSR count). The van der Waals surface area contributed by atoms with Crippen LogP contribution in [0.4, 0.5) is 0 Å². The number of allylic oxidation sites excluding steroid dienone is 2. The molecule has 192 valence electrons. The van der Waals surface area contributed by atoms with E-state index in [1.165, 1.54) is 0 Å². The Kier molecular flexibility index (Phi) is 9.55. The second-order valence-electron chi connectivity index (χ2n) is 11.4. The maximum Gasteiger partial charge on any atom is 0.337 e. The molecule has 0 aliphatic heterocycles. The molecule has 0 bridgehead atoms. The molecule has 6 heteroatoms. The third-order valence-corrected chi connectivity index (χ3v) is 6.01. The standard InChI is InChI=1S/C29H40ClNO4/c1-18-10-9-11-21(17-31-23(32)16-28(3,4)5)19(2)25(20-12-14-22(30)15-13-20)24(18)26(27(33)34)35-29(6,7)8/h11-15,26H,9-10,16-17H2,1-8H3,(H,31,32)(H,33,34). The number of carbonyl (C=O) groups is 2. The second kappa shape index (κ2) is 11.6. The zero-order valence-electron chi connectivity index (χ0n) is 22.3. The topological polar surface area (TPSA) is 75.6 Å². The van der Waals surface area contributed by atoms with Crippen LogP contribution in [0.3, 0.4) is 0 Å². The molecule has 0 spiro atoms. The van der Waals surface area contributed by atoms with Gasteiger partial charge in [-0.25, -0.2) is 4.79 Å². The minimum absolute atomic E-state index is 0.00673. The first-order valence-electron chi connectivity index (χ1n) is 12.1. The van der Waals surface area contributed by atoms with Crippen molar-refractivity contribution in [2.24, 2.45) is 5.41 Å². The van der Waals surface area contributed by atoms with Crippen LogP contribution in [0.5, 0.6) is 0 Å². The third-order valence-electron chi connectivity index (χ3n) is 5.75. The molecule has 0 saturated heterocycles. The molecule has 1 aliphatic carbocycles. The molecule has 1 aliphatic rings. The Hall–Kier alpha value is -2.37. The normalized spacial score (nSPS) is 16.4. The van der Waals surface area contributed by atoms with Crippen molar-refractivity contribution in [2.75, 3.05) is 6.54 Å². The minimum Gasteiger partial charge on any atom is -0.479 e. The van der Waals surface area contributed by atoms with Gasteiger partial charge in [-0.05, 0) is 92.9 Å². The summed E-state index contributed by atoms with van der Waals surface area (Å²) in [5.74, 6) is -1.04. The van der Waals surface area contributed by atoms with Gasteiger partial charge in [-0.1, -0.05) is 56.2 Å². The average Bonchev–Trinajstić information content (AvgIpc) is 2.70. The van der Waals surface area contributed by atoms with Gasteiger partial charge in [0, 0.05) is 18.0 Å². The Bertz CT molecular complexity index is 1030. The largest absolute Gasteiger partial charge is 0.479 e. The van der Waals surface area contributed by atoms with Crippen molar-refractivity contribution in [2.45, 2.75) is 86.4 Å². The SMILES string of the molecule is CC1=C(C(OC(C)(C)C)C(=O)O)C(c2ccc(Cl)cc2)=C(C)C(CNC(=O)CC(C)(C)C)=CCC1. The molecule has 2 N–H and O–H groups in total. The van der Waals surface area contributed by atoms with Crippen molar-refractivity contribution in [1.29, 1.82) is 0 Å². The molecular weight excluding hydrogens is 462 g/mol. The van der Waals surface area contributed by atoms with Crippen molar-refractivity contribution >= 4 is 29.1 Å². The highest BCUT2D eigenvalue weighted by molar-refractivity contribution is 6.30. The van der Waals surface area contributed by atoms with E-state index in [0.717, 1.165) is 34.3 Å². The fourth-order valence-electron chi connectivity index (χ4n) is 4.20. The molecule has 0 fully saturated rings. The lowest BCUT2D eigenvalue weighted by Crippen LogP contribution is -2.36. The van der Waals surface area contributed by atoms with Gasteiger partial charge in [0.05, 0.1) is 5.60 Å². The average molecular weight is 502 g/mol. The van der Waals surface area contributed by atoms with Gasteiger partial charge in [0.2, 0.25) is 5.91 Å². The summed E-state index contributed by atoms with van der Waals surface area (Å²) in [6.07, 6.45) is 2.87. The lowest BCUT2D eigenvalue weighted by Gasteiger charge is -2.31. The number of ether oxygens (including phenoxy) is 1. The van der Waals surface area contributed by atoms with Gasteiger partial charge in [-0.2, -0.15) is 0 Å². The number of carboxylic acid groups (broad SMARTS) is 1. The Morgan fingerprint density at radius 2 is 1.69 bits per heavy atom. The fourth-order valence-corrected chi connectivity index (χ4v) is 4.33. The molecule has 5 nitrogen and oxygen atoms in total. The molecule has 0 radical (unpaired) electrons. The molecule has 0 aromatic heterocycles. The Labute approximate surface area is 215 Å². The van der Waals surface area contributed by atoms with Gasteiger partial charge in [0.1, 0.15) is 0 Å². The monoisotopic (exact) mass is 501 g/mol. The number of benzene rings is 1. The predicted molar refractivity (Wildman–Crippen MR) is 143 cm³/mol. The van der Waals surface area contributed by atoms with Gasteiger partial charge in [0.25, 0.3) is 0 Å². The van der Waals surface area contributed by atoms with E-state index < -0.39 is 17.7 Å². The summed E-state index contributed by atoms with van der Waals surface area (Å²) in [5, 5.41) is 13.9. The highest BCUT2D eigenvalue weighted by Gasteiger charge is 2.34. The van der Waals surface area contributed by atoms with Gasteiger partial charge in [-0.15, -0.1) is 0 Å². The molecule has 1 amide bonds. The van der Waals surface area contributed by atoms with Crippen molar-refractivity contribution in [1.82, 2.24) is 5.32 Å². The molecule has 1 aromatic carbocycles. The van der Waals surface area contributed by atoms with E-state index in [1.54, 1.807) is 12.1 Å². The summed E-state index contributed by atoms with van der Waals surface area (Å²) < 4.78 is 6.11. The summed E-state index contributed by atoms with van der Waals surface area (Å²) in [4.78, 5) is 25.1. The van der Waals surface area contributed by atoms with Gasteiger partial charge < -0.3 is 15.2 Å². The smallest absolute Gasteiger partial charge is 0.337 e. The molecule has 1 atom stereocenters. The molecule has 1 unspecified atom stereocenters. The van der Waals surface area contributed by atoms with E-state index >= 15 is 0 Å². The number of rotatable bonds is 7. The van der Waals surface area contributed by atoms with E-state index in [4.69, 9.17) is 16.3 Å². The first-order valence-corrected chi connectivity index (χ1v) is 12.5. The van der Waals surface area contributed by atoms with Crippen molar-refractivity contribution < 1.29 is 19.4 Å². The molecule has 1 aromatic rings. The Balaban J connectivity index is 2.65. The Morgan fingerprint density at radius 1 is 1.09 bits per heavy atom. The number of aliphatic carboxylic acids is 1. The van der Waals surface area contributed by atoms with E-state index in [2.05, 4.69) is 11.4 Å². The maximum atomic E-state index is 12.5. The number of carboxylic acids is 1. The van der Waals surface area contributed by atoms with E-state index in [-0.39, 0.29) is 11.3 Å². The van der Waals surface area contributed by atoms with Crippen LogP contribution in [-0.4, -0.2) is 35.2 Å². The van der Waals surface area contributed by atoms with Gasteiger partial charge in [-0.3, -0.25) is 4.79 Å². The summed E-state index contributed by atoms with van der Waals surface area (Å²) in [7, 11) is 0. The number of nitrogens with one attached hydrogen (secondary N) is 1. The van der Waals surface area contributed by atoms with Crippen molar-refractivity contribution in [3.63, 3.8) is 0 Å². The number of amides is 1. The molecule has 0 saturated carbocycles. The number of halogens is 1. The summed E-state index contributed by atoms with van der Waals surface area (Å²) >= 11 is 6.17. The van der Waals surface area contributed by atoms with E-state index in [0.29, 0.717) is 30.0 Å². The van der Waals surface area contributed by atoms with Crippen LogP contribution in [-0.2, 0) is 14.3 Å². The number of hydrogen-bond acceptors (Lipinski definition) is 3. The van der Waals surface area contributed by atoms with Crippen LogP contribution in [0.15, 0.2) is 52.6 Å². The number of carbonyl (C=O) groups excluding carboxylic acids is 1. The minimum atomic E-state index is -1.13. The molecule has 0 heterocycles. The second-order valence-corrected chi connectivity index (χ2v) is 11.9. The molecular formula is C29H40ClNO4. The third kappa shape index (κ3) is 8.66. The van der Waals surface area contributed by atoms with Gasteiger partial charge >= 0.3 is 5.97 Å². The predicted octanol–water partition coefficient (Wildman–Crippen LogP) is 6.97. The van der Waals surface area contributed by atoms with Crippen LogP contribution >= 0.6 is 11.6 Å². The summed E-state index contributed by atoms with van der Waals surface area (Å²) in [6.45, 7) is 16.0. The van der Waals surface area contributed by atoms with Crippen molar-refractivity contribution in [3.05, 3.63) is 63.2 Å². The van der Waals surface area contributed by atoms with Gasteiger partial charge in [0.15, 0.2) is 6.10 Å². The first kappa shape index (κ1) is 28.9.